The number of nitrogens with zero attached hydrogens (tertiary/aromatic N) is 1. The topological polar surface area (TPSA) is 67.9 Å². The Labute approximate surface area is 156 Å². The van der Waals surface area contributed by atoms with Gasteiger partial charge < -0.3 is 19.7 Å². The fourth-order valence-electron chi connectivity index (χ4n) is 3.18. The third-order valence-electron chi connectivity index (χ3n) is 4.52. The molecular weight excluding hydrogens is 351 g/mol. The van der Waals surface area contributed by atoms with Crippen LogP contribution in [0.25, 0.3) is 0 Å². The van der Waals surface area contributed by atoms with Crippen LogP contribution in [0.15, 0.2) is 42.5 Å². The largest absolute Gasteiger partial charge is 0.493 e. The van der Waals surface area contributed by atoms with Gasteiger partial charge in [0.2, 0.25) is 11.8 Å². The monoisotopic (exact) mass is 372 g/mol. The van der Waals surface area contributed by atoms with Crippen molar-refractivity contribution in [3.63, 3.8) is 0 Å². The molecule has 0 spiro atoms. The van der Waals surface area contributed by atoms with Gasteiger partial charge in [0.25, 0.3) is 0 Å². The van der Waals surface area contributed by atoms with E-state index in [1.54, 1.807) is 25.3 Å². The molecule has 1 atom stereocenters. The zero-order valence-corrected chi connectivity index (χ0v) is 15.2. The summed E-state index contributed by atoms with van der Waals surface area (Å²) < 4.78 is 23.7. The predicted molar refractivity (Wildman–Crippen MR) is 97.1 cm³/mol. The second kappa shape index (κ2) is 8.07. The third-order valence-corrected chi connectivity index (χ3v) is 4.52. The van der Waals surface area contributed by atoms with E-state index in [0.29, 0.717) is 30.2 Å². The molecule has 0 bridgehead atoms. The maximum Gasteiger partial charge on any atom is 0.247 e. The van der Waals surface area contributed by atoms with Gasteiger partial charge in [0.05, 0.1) is 20.6 Å². The van der Waals surface area contributed by atoms with E-state index in [4.69, 9.17) is 9.47 Å². The van der Waals surface area contributed by atoms with E-state index in [1.165, 1.54) is 36.3 Å². The van der Waals surface area contributed by atoms with Crippen LogP contribution < -0.4 is 14.8 Å². The minimum absolute atomic E-state index is 0.116. The number of methoxy groups -OCH3 is 2. The smallest absolute Gasteiger partial charge is 0.247 e. The lowest BCUT2D eigenvalue weighted by Gasteiger charge is -2.35. The quantitative estimate of drug-likeness (QED) is 0.873. The lowest BCUT2D eigenvalue weighted by molar-refractivity contribution is -0.143. The van der Waals surface area contributed by atoms with Gasteiger partial charge in [-0.15, -0.1) is 0 Å². The van der Waals surface area contributed by atoms with Crippen LogP contribution in [0.2, 0.25) is 0 Å². The van der Waals surface area contributed by atoms with Gasteiger partial charge in [-0.1, -0.05) is 18.2 Å². The summed E-state index contributed by atoms with van der Waals surface area (Å²) in [6.07, 6.45) is 0.116. The number of nitrogens with one attached hydrogen (secondary N) is 1. The summed E-state index contributed by atoms with van der Waals surface area (Å²) in [6, 6.07) is 10.1. The molecule has 1 aliphatic rings. The van der Waals surface area contributed by atoms with Crippen LogP contribution in [0, 0.1) is 5.82 Å². The first-order valence-corrected chi connectivity index (χ1v) is 8.57. The van der Waals surface area contributed by atoms with Crippen molar-refractivity contribution in [2.75, 3.05) is 27.3 Å². The number of carbonyl (C=O) groups is 2. The molecule has 7 heteroatoms. The number of ether oxygens (including phenoxy) is 2. The summed E-state index contributed by atoms with van der Waals surface area (Å²) in [7, 11) is 3.07. The fourth-order valence-corrected chi connectivity index (χ4v) is 3.18. The number of carbonyl (C=O) groups excluding carboxylic acids is 2. The number of amides is 2. The molecule has 1 N–H and O–H groups in total. The van der Waals surface area contributed by atoms with E-state index >= 15 is 0 Å². The van der Waals surface area contributed by atoms with Gasteiger partial charge in [-0.2, -0.15) is 0 Å². The van der Waals surface area contributed by atoms with Gasteiger partial charge >= 0.3 is 0 Å². The van der Waals surface area contributed by atoms with Crippen molar-refractivity contribution in [3.8, 4) is 11.5 Å². The third kappa shape index (κ3) is 4.02. The SMILES string of the molecule is COc1ccc(CC(=O)N2CCNC(=O)C2c2ccc(F)cc2)cc1OC. The molecule has 0 radical (unpaired) electrons. The maximum absolute atomic E-state index is 13.2. The first kappa shape index (κ1) is 18.7. The standard InChI is InChI=1S/C20H21FN2O4/c1-26-16-8-3-13(11-17(16)27-2)12-18(24)23-10-9-22-20(25)19(23)14-4-6-15(21)7-5-14/h3-8,11,19H,9-10,12H2,1-2H3,(H,22,25). The molecular formula is C20H21FN2O4. The van der Waals surface area contributed by atoms with E-state index in [0.717, 1.165) is 5.56 Å². The highest BCUT2D eigenvalue weighted by atomic mass is 19.1. The molecule has 1 fully saturated rings. The van der Waals surface area contributed by atoms with Gasteiger partial charge in [-0.25, -0.2) is 4.39 Å². The molecule has 2 amide bonds. The number of rotatable bonds is 5. The Kier molecular flexibility index (Phi) is 5.59. The van der Waals surface area contributed by atoms with Gasteiger partial charge in [0.15, 0.2) is 11.5 Å². The van der Waals surface area contributed by atoms with E-state index < -0.39 is 11.9 Å². The molecule has 6 nitrogen and oxygen atoms in total. The number of halogens is 1. The molecule has 27 heavy (non-hydrogen) atoms. The van der Waals surface area contributed by atoms with E-state index in [9.17, 15) is 14.0 Å². The Morgan fingerprint density at radius 1 is 1.15 bits per heavy atom. The highest BCUT2D eigenvalue weighted by molar-refractivity contribution is 5.90. The van der Waals surface area contributed by atoms with Crippen molar-refractivity contribution in [1.29, 1.82) is 0 Å². The molecule has 0 aliphatic carbocycles. The fraction of sp³-hybridized carbons (Fsp3) is 0.300. The van der Waals surface area contributed by atoms with Crippen LogP contribution in [0.3, 0.4) is 0 Å². The Morgan fingerprint density at radius 2 is 1.85 bits per heavy atom. The van der Waals surface area contributed by atoms with E-state index in [-0.39, 0.29) is 18.2 Å². The van der Waals surface area contributed by atoms with Crippen molar-refractivity contribution in [3.05, 3.63) is 59.4 Å². The Hall–Kier alpha value is -3.09. The van der Waals surface area contributed by atoms with Crippen molar-refractivity contribution in [1.82, 2.24) is 10.2 Å². The molecule has 1 unspecified atom stereocenters. The molecule has 1 heterocycles. The minimum atomic E-state index is -0.771. The van der Waals surface area contributed by atoms with Gasteiger partial charge in [0.1, 0.15) is 11.9 Å². The molecule has 3 rings (SSSR count). The van der Waals surface area contributed by atoms with Crippen LogP contribution in [0.1, 0.15) is 17.2 Å². The normalized spacial score (nSPS) is 16.6. The molecule has 2 aromatic rings. The van der Waals surface area contributed by atoms with Gasteiger partial charge in [-0.3, -0.25) is 9.59 Å². The number of benzene rings is 2. The molecule has 142 valence electrons. The summed E-state index contributed by atoms with van der Waals surface area (Å²) in [4.78, 5) is 26.8. The second-order valence-electron chi connectivity index (χ2n) is 6.20. The van der Waals surface area contributed by atoms with Crippen LogP contribution in [-0.2, 0) is 16.0 Å². The van der Waals surface area contributed by atoms with Crippen LogP contribution in [-0.4, -0.2) is 44.0 Å². The van der Waals surface area contributed by atoms with Crippen LogP contribution in [0.4, 0.5) is 4.39 Å². The maximum atomic E-state index is 13.2. The number of piperazine rings is 1. The average Bonchev–Trinajstić information content (AvgIpc) is 2.68. The number of hydrogen-bond donors (Lipinski definition) is 1. The molecule has 0 aromatic heterocycles. The van der Waals surface area contributed by atoms with Crippen molar-refractivity contribution < 1.29 is 23.5 Å². The van der Waals surface area contributed by atoms with E-state index in [1.807, 2.05) is 0 Å². The Morgan fingerprint density at radius 3 is 2.52 bits per heavy atom. The number of hydrogen-bond acceptors (Lipinski definition) is 4. The second-order valence-corrected chi connectivity index (χ2v) is 6.20. The van der Waals surface area contributed by atoms with Gasteiger partial charge in [0, 0.05) is 13.1 Å². The van der Waals surface area contributed by atoms with Crippen molar-refractivity contribution in [2.45, 2.75) is 12.5 Å². The highest BCUT2D eigenvalue weighted by Gasteiger charge is 2.34. The molecule has 0 saturated carbocycles. The summed E-state index contributed by atoms with van der Waals surface area (Å²) >= 11 is 0. The summed E-state index contributed by atoms with van der Waals surface area (Å²) in [5.41, 5.74) is 1.33. The van der Waals surface area contributed by atoms with E-state index in [2.05, 4.69) is 5.32 Å². The van der Waals surface area contributed by atoms with Crippen LogP contribution >= 0.6 is 0 Å². The summed E-state index contributed by atoms with van der Waals surface area (Å²) in [5, 5.41) is 2.76. The Balaban J connectivity index is 1.83. The first-order valence-electron chi connectivity index (χ1n) is 8.57. The Bertz CT molecular complexity index is 838. The lowest BCUT2D eigenvalue weighted by atomic mass is 10.0. The summed E-state index contributed by atoms with van der Waals surface area (Å²) in [5.74, 6) is 0.266. The minimum Gasteiger partial charge on any atom is -0.493 e. The highest BCUT2D eigenvalue weighted by Crippen LogP contribution is 2.29. The van der Waals surface area contributed by atoms with Crippen LogP contribution in [0.5, 0.6) is 11.5 Å². The summed E-state index contributed by atoms with van der Waals surface area (Å²) in [6.45, 7) is 0.772. The predicted octanol–water partition coefficient (Wildman–Crippen LogP) is 2.09. The van der Waals surface area contributed by atoms with Crippen molar-refractivity contribution >= 4 is 11.8 Å². The van der Waals surface area contributed by atoms with Crippen molar-refractivity contribution in [2.24, 2.45) is 0 Å². The molecule has 2 aromatic carbocycles. The average molecular weight is 372 g/mol. The lowest BCUT2D eigenvalue weighted by Crippen LogP contribution is -2.52. The molecule has 1 saturated heterocycles. The zero-order valence-electron chi connectivity index (χ0n) is 15.2. The molecule has 1 aliphatic heterocycles. The first-order chi connectivity index (χ1) is 13.0. The zero-order chi connectivity index (χ0) is 19.4. The van der Waals surface area contributed by atoms with Gasteiger partial charge in [-0.05, 0) is 35.4 Å².